The number of fused-ring (bicyclic) bond motifs is 1. The molecule has 5 nitrogen and oxygen atoms in total. The third kappa shape index (κ3) is 3.79. The van der Waals surface area contributed by atoms with Gasteiger partial charge in [0, 0.05) is 6.04 Å². The highest BCUT2D eigenvalue weighted by Crippen LogP contribution is 2.20. The summed E-state index contributed by atoms with van der Waals surface area (Å²) < 4.78 is 0. The first-order chi connectivity index (χ1) is 9.97. The van der Waals surface area contributed by atoms with Crippen LogP contribution >= 0.6 is 0 Å². The van der Waals surface area contributed by atoms with Gasteiger partial charge in [-0.3, -0.25) is 15.4 Å². The molecule has 0 fully saturated rings. The second kappa shape index (κ2) is 6.37. The lowest BCUT2D eigenvalue weighted by atomic mass is 10.0. The Morgan fingerprint density at radius 3 is 2.38 bits per heavy atom. The van der Waals surface area contributed by atoms with Crippen molar-refractivity contribution in [2.45, 2.75) is 25.9 Å². The molecule has 0 saturated carbocycles. The fraction of sp³-hybridized carbons (Fsp3) is 0.250. The monoisotopic (exact) mass is 285 g/mol. The first-order valence-electron chi connectivity index (χ1n) is 6.82. The van der Waals surface area contributed by atoms with Crippen molar-refractivity contribution in [3.63, 3.8) is 0 Å². The number of hydrogen-bond donors (Lipinski definition) is 3. The van der Waals surface area contributed by atoms with Gasteiger partial charge in [0.2, 0.25) is 5.91 Å². The Labute approximate surface area is 123 Å². The predicted octanol–water partition coefficient (Wildman–Crippen LogP) is 2.07. The van der Waals surface area contributed by atoms with Crippen molar-refractivity contribution in [3.8, 4) is 0 Å². The maximum atomic E-state index is 11.7. The van der Waals surface area contributed by atoms with E-state index in [9.17, 15) is 9.59 Å². The minimum absolute atomic E-state index is 0.0248. The first kappa shape index (κ1) is 15.0. The van der Waals surface area contributed by atoms with Crippen molar-refractivity contribution in [3.05, 3.63) is 48.0 Å². The van der Waals surface area contributed by atoms with Crippen LogP contribution in [0.1, 0.15) is 25.5 Å². The molecule has 0 aliphatic carbocycles. The summed E-state index contributed by atoms with van der Waals surface area (Å²) in [5.41, 5.74) is 6.01. The molecular weight excluding hydrogens is 266 g/mol. The van der Waals surface area contributed by atoms with Crippen LogP contribution in [0.3, 0.4) is 0 Å². The highest BCUT2D eigenvalue weighted by Gasteiger charge is 2.17. The highest BCUT2D eigenvalue weighted by atomic mass is 16.2. The number of nitrogens with one attached hydrogen (secondary N) is 2. The van der Waals surface area contributed by atoms with E-state index in [1.807, 2.05) is 25.1 Å². The maximum absolute atomic E-state index is 11.7. The van der Waals surface area contributed by atoms with Gasteiger partial charge in [0.1, 0.15) is 0 Å². The summed E-state index contributed by atoms with van der Waals surface area (Å²) in [6, 6.07) is 12.9. The molecular formula is C16H19N3O2. The molecule has 21 heavy (non-hydrogen) atoms. The SMILES string of the molecule is C[C@@H](N[C@H](C)c1ccc2ccccc2c1)C(=O)NC(N)=O. The summed E-state index contributed by atoms with van der Waals surface area (Å²) in [6.45, 7) is 3.66. The molecule has 110 valence electrons. The van der Waals surface area contributed by atoms with Gasteiger partial charge in [0.15, 0.2) is 0 Å². The highest BCUT2D eigenvalue weighted by molar-refractivity contribution is 5.96. The quantitative estimate of drug-likeness (QED) is 0.804. The molecule has 0 unspecified atom stereocenters. The number of primary amides is 1. The fourth-order valence-electron chi connectivity index (χ4n) is 2.25. The number of urea groups is 1. The maximum Gasteiger partial charge on any atom is 0.318 e. The fourth-order valence-corrected chi connectivity index (χ4v) is 2.25. The van der Waals surface area contributed by atoms with Crippen LogP contribution in [0, 0.1) is 0 Å². The van der Waals surface area contributed by atoms with Gasteiger partial charge in [-0.05, 0) is 36.2 Å². The molecule has 0 aromatic heterocycles. The Morgan fingerprint density at radius 2 is 1.71 bits per heavy atom. The van der Waals surface area contributed by atoms with E-state index in [1.165, 1.54) is 5.39 Å². The predicted molar refractivity (Wildman–Crippen MR) is 82.7 cm³/mol. The molecule has 0 aliphatic rings. The van der Waals surface area contributed by atoms with E-state index in [-0.39, 0.29) is 6.04 Å². The van der Waals surface area contributed by atoms with Crippen molar-refractivity contribution >= 4 is 22.7 Å². The number of imide groups is 1. The molecule has 2 aromatic carbocycles. The molecule has 5 heteroatoms. The van der Waals surface area contributed by atoms with Crippen molar-refractivity contribution in [2.75, 3.05) is 0 Å². The first-order valence-corrected chi connectivity index (χ1v) is 6.82. The normalized spacial score (nSPS) is 13.6. The lowest BCUT2D eigenvalue weighted by molar-refractivity contribution is -0.121. The van der Waals surface area contributed by atoms with E-state index in [4.69, 9.17) is 5.73 Å². The molecule has 0 bridgehead atoms. The Hall–Kier alpha value is -2.40. The summed E-state index contributed by atoms with van der Waals surface area (Å²) in [6.07, 6.45) is 0. The van der Waals surface area contributed by atoms with Gasteiger partial charge in [0.25, 0.3) is 0 Å². The summed E-state index contributed by atoms with van der Waals surface area (Å²) >= 11 is 0. The van der Waals surface area contributed by atoms with E-state index in [1.54, 1.807) is 6.92 Å². The number of rotatable bonds is 4. The van der Waals surface area contributed by atoms with Gasteiger partial charge in [-0.2, -0.15) is 0 Å². The van der Waals surface area contributed by atoms with Gasteiger partial charge in [0.05, 0.1) is 6.04 Å². The van der Waals surface area contributed by atoms with Crippen molar-refractivity contribution < 1.29 is 9.59 Å². The van der Waals surface area contributed by atoms with Gasteiger partial charge < -0.3 is 5.73 Å². The van der Waals surface area contributed by atoms with Crippen LogP contribution in [0.4, 0.5) is 4.79 Å². The third-order valence-electron chi connectivity index (χ3n) is 3.41. The zero-order chi connectivity index (χ0) is 15.4. The molecule has 0 spiro atoms. The van der Waals surface area contributed by atoms with Crippen LogP contribution in [0.2, 0.25) is 0 Å². The number of carbonyl (C=O) groups excluding carboxylic acids is 2. The minimum Gasteiger partial charge on any atom is -0.351 e. The molecule has 0 aliphatic heterocycles. The van der Waals surface area contributed by atoms with Crippen LogP contribution in [0.5, 0.6) is 0 Å². The Balaban J connectivity index is 2.09. The van der Waals surface area contributed by atoms with E-state index in [0.717, 1.165) is 10.9 Å². The largest absolute Gasteiger partial charge is 0.351 e. The Kier molecular flexibility index (Phi) is 4.55. The van der Waals surface area contributed by atoms with Gasteiger partial charge in [-0.1, -0.05) is 36.4 Å². The summed E-state index contributed by atoms with van der Waals surface area (Å²) in [5, 5.41) is 7.54. The minimum atomic E-state index is -0.841. The second-order valence-electron chi connectivity index (χ2n) is 5.07. The molecule has 2 rings (SSSR count). The second-order valence-corrected chi connectivity index (χ2v) is 5.07. The standard InChI is InChI=1S/C16H19N3O2/c1-10(18-11(2)15(20)19-16(17)21)13-8-7-12-5-3-4-6-14(12)9-13/h3-11,18H,1-2H3,(H3,17,19,20,21)/t10-,11-/m1/s1. The van der Waals surface area contributed by atoms with Gasteiger partial charge in [-0.15, -0.1) is 0 Å². The molecule has 2 atom stereocenters. The number of carbonyl (C=O) groups is 2. The summed E-state index contributed by atoms with van der Waals surface area (Å²) in [4.78, 5) is 22.3. The van der Waals surface area contributed by atoms with Crippen LogP contribution in [-0.2, 0) is 4.79 Å². The van der Waals surface area contributed by atoms with Crippen molar-refractivity contribution in [2.24, 2.45) is 5.73 Å². The van der Waals surface area contributed by atoms with Gasteiger partial charge in [-0.25, -0.2) is 4.79 Å². The van der Waals surface area contributed by atoms with Crippen molar-refractivity contribution in [1.29, 1.82) is 0 Å². The van der Waals surface area contributed by atoms with Gasteiger partial charge >= 0.3 is 6.03 Å². The molecule has 3 amide bonds. The van der Waals surface area contributed by atoms with Crippen molar-refractivity contribution in [1.82, 2.24) is 10.6 Å². The number of amides is 3. The zero-order valence-corrected chi connectivity index (χ0v) is 12.1. The molecule has 0 saturated heterocycles. The topological polar surface area (TPSA) is 84.2 Å². The van der Waals surface area contributed by atoms with Crippen LogP contribution in [-0.4, -0.2) is 18.0 Å². The number of benzene rings is 2. The summed E-state index contributed by atoms with van der Waals surface area (Å²) in [5.74, 6) is -0.435. The van der Waals surface area contributed by atoms with E-state index in [2.05, 4.69) is 34.9 Å². The molecule has 0 heterocycles. The summed E-state index contributed by atoms with van der Waals surface area (Å²) in [7, 11) is 0. The Bertz CT molecular complexity index is 669. The average molecular weight is 285 g/mol. The van der Waals surface area contributed by atoms with Crippen LogP contribution in [0.25, 0.3) is 10.8 Å². The zero-order valence-electron chi connectivity index (χ0n) is 12.1. The third-order valence-corrected chi connectivity index (χ3v) is 3.41. The van der Waals surface area contributed by atoms with E-state index >= 15 is 0 Å². The van der Waals surface area contributed by atoms with Crippen LogP contribution < -0.4 is 16.4 Å². The molecule has 0 radical (unpaired) electrons. The lowest BCUT2D eigenvalue weighted by Crippen LogP contribution is -2.47. The lowest BCUT2D eigenvalue weighted by Gasteiger charge is -2.19. The number of hydrogen-bond acceptors (Lipinski definition) is 3. The number of nitrogens with two attached hydrogens (primary N) is 1. The molecule has 2 aromatic rings. The smallest absolute Gasteiger partial charge is 0.318 e. The average Bonchev–Trinajstić information content (AvgIpc) is 2.45. The van der Waals surface area contributed by atoms with Crippen LogP contribution in [0.15, 0.2) is 42.5 Å². The van der Waals surface area contributed by atoms with E-state index < -0.39 is 18.0 Å². The van der Waals surface area contributed by atoms with E-state index in [0.29, 0.717) is 0 Å². The molecule has 4 N–H and O–H groups in total. The Morgan fingerprint density at radius 1 is 1.05 bits per heavy atom.